The quantitative estimate of drug-likeness (QED) is 0.244. The average molecular weight is 476 g/mol. The number of hydrogen-bond acceptors (Lipinski definition) is 8. The number of amides is 2. The summed E-state index contributed by atoms with van der Waals surface area (Å²) in [7, 11) is 0. The minimum atomic E-state index is -0.684. The van der Waals surface area contributed by atoms with Crippen LogP contribution in [0.4, 0.5) is 0 Å². The fourth-order valence-electron chi connectivity index (χ4n) is 3.48. The summed E-state index contributed by atoms with van der Waals surface area (Å²) in [5.74, 6) is -1.26. The summed E-state index contributed by atoms with van der Waals surface area (Å²) in [5.41, 5.74) is 1.41. The fourth-order valence-corrected chi connectivity index (χ4v) is 3.48. The van der Waals surface area contributed by atoms with E-state index < -0.39 is 23.8 Å². The third-order valence-electron chi connectivity index (χ3n) is 5.25. The molecule has 0 bridgehead atoms. The first-order valence-electron chi connectivity index (χ1n) is 11.0. The highest BCUT2D eigenvalue weighted by Gasteiger charge is 2.35. The van der Waals surface area contributed by atoms with Gasteiger partial charge in [0.2, 0.25) is 0 Å². The van der Waals surface area contributed by atoms with E-state index in [1.54, 1.807) is 43.3 Å². The molecule has 0 unspecified atom stereocenters. The Morgan fingerprint density at radius 1 is 1.09 bits per heavy atom. The van der Waals surface area contributed by atoms with E-state index in [4.69, 9.17) is 13.9 Å². The number of furan rings is 1. The number of carbonyl (C=O) groups excluding carboxylic acids is 4. The molecule has 0 atom stereocenters. The first kappa shape index (κ1) is 25.2. The van der Waals surface area contributed by atoms with E-state index in [0.29, 0.717) is 22.6 Å². The number of carbonyl (C=O) groups is 4. The van der Waals surface area contributed by atoms with Gasteiger partial charge in [-0.15, -0.1) is 0 Å². The number of benzene rings is 1. The summed E-state index contributed by atoms with van der Waals surface area (Å²) in [5, 5.41) is 9.49. The third kappa shape index (κ3) is 5.73. The Morgan fingerprint density at radius 2 is 1.80 bits per heavy atom. The first-order chi connectivity index (χ1) is 16.8. The Balaban J connectivity index is 1.85. The van der Waals surface area contributed by atoms with E-state index in [2.05, 4.69) is 0 Å². The number of hydrogen-bond donors (Lipinski definition) is 0. The molecule has 1 aromatic carbocycles. The lowest BCUT2D eigenvalue weighted by Crippen LogP contribution is -2.43. The van der Waals surface area contributed by atoms with Crippen LogP contribution in [0, 0.1) is 11.3 Å². The molecule has 0 spiro atoms. The molecule has 0 saturated carbocycles. The van der Waals surface area contributed by atoms with Crippen LogP contribution in [-0.4, -0.2) is 48.4 Å². The fraction of sp³-hybridized carbons (Fsp3) is 0.269. The summed E-state index contributed by atoms with van der Waals surface area (Å²) < 4.78 is 15.7. The molecule has 0 N–H and O–H groups in total. The second-order valence-corrected chi connectivity index (χ2v) is 7.63. The first-order valence-corrected chi connectivity index (χ1v) is 11.0. The molecule has 3 rings (SSSR count). The molecule has 1 aliphatic heterocycles. The zero-order valence-corrected chi connectivity index (χ0v) is 19.6. The average Bonchev–Trinajstić information content (AvgIpc) is 3.30. The summed E-state index contributed by atoms with van der Waals surface area (Å²) in [6, 6.07) is 11.9. The van der Waals surface area contributed by atoms with Gasteiger partial charge in [0, 0.05) is 24.6 Å². The van der Waals surface area contributed by atoms with Crippen LogP contribution in [0.15, 0.2) is 57.5 Å². The second kappa shape index (κ2) is 11.1. The van der Waals surface area contributed by atoms with Gasteiger partial charge in [0.25, 0.3) is 11.8 Å². The zero-order valence-electron chi connectivity index (χ0n) is 19.6. The second-order valence-electron chi connectivity index (χ2n) is 7.63. The van der Waals surface area contributed by atoms with Crippen molar-refractivity contribution in [2.24, 2.45) is 0 Å². The van der Waals surface area contributed by atoms with E-state index in [1.165, 1.54) is 19.9 Å². The van der Waals surface area contributed by atoms with Gasteiger partial charge in [-0.2, -0.15) is 5.26 Å². The molecule has 1 aromatic heterocycles. The maximum Gasteiger partial charge on any atom is 0.338 e. The SMILES string of the molecule is CCOC(=O)c1ccc(-c2ccc(C=C3C(=O)N(CCCOC(C)=O)C(=O)C(C#N)=C3C)o2)cc1. The van der Waals surface area contributed by atoms with Gasteiger partial charge in [-0.25, -0.2) is 4.79 Å². The van der Waals surface area contributed by atoms with Gasteiger partial charge in [-0.3, -0.25) is 19.3 Å². The molecule has 180 valence electrons. The molecule has 0 radical (unpaired) electrons. The summed E-state index contributed by atoms with van der Waals surface area (Å²) >= 11 is 0. The van der Waals surface area contributed by atoms with Crippen molar-refractivity contribution in [1.29, 1.82) is 5.26 Å². The maximum atomic E-state index is 13.1. The number of esters is 2. The Kier molecular flexibility index (Phi) is 8.00. The Labute approximate surface area is 202 Å². The van der Waals surface area contributed by atoms with Crippen LogP contribution in [0.3, 0.4) is 0 Å². The van der Waals surface area contributed by atoms with E-state index >= 15 is 0 Å². The molecular weight excluding hydrogens is 452 g/mol. The van der Waals surface area contributed by atoms with Crippen LogP contribution in [0.2, 0.25) is 0 Å². The largest absolute Gasteiger partial charge is 0.466 e. The summed E-state index contributed by atoms with van der Waals surface area (Å²) in [6.45, 7) is 4.87. The Morgan fingerprint density at radius 3 is 2.43 bits per heavy atom. The molecule has 2 amide bonds. The van der Waals surface area contributed by atoms with Crippen molar-refractivity contribution in [3.05, 3.63) is 64.4 Å². The molecular formula is C26H24N2O7. The van der Waals surface area contributed by atoms with Crippen LogP contribution in [-0.2, 0) is 23.9 Å². The predicted molar refractivity (Wildman–Crippen MR) is 124 cm³/mol. The lowest BCUT2D eigenvalue weighted by Gasteiger charge is -2.27. The zero-order chi connectivity index (χ0) is 25.5. The number of rotatable bonds is 8. The van der Waals surface area contributed by atoms with Crippen molar-refractivity contribution in [2.45, 2.75) is 27.2 Å². The van der Waals surface area contributed by atoms with Crippen LogP contribution >= 0.6 is 0 Å². The minimum absolute atomic E-state index is 0.00301. The van der Waals surface area contributed by atoms with Crippen molar-refractivity contribution < 1.29 is 33.1 Å². The Bertz CT molecular complexity index is 1260. The molecule has 35 heavy (non-hydrogen) atoms. The van der Waals surface area contributed by atoms with Crippen molar-refractivity contribution in [3.63, 3.8) is 0 Å². The highest BCUT2D eigenvalue weighted by molar-refractivity contribution is 6.19. The highest BCUT2D eigenvalue weighted by Crippen LogP contribution is 2.29. The van der Waals surface area contributed by atoms with Gasteiger partial charge in [0.15, 0.2) is 0 Å². The van der Waals surface area contributed by atoms with Crippen molar-refractivity contribution >= 4 is 29.8 Å². The molecule has 0 fully saturated rings. The van der Waals surface area contributed by atoms with Gasteiger partial charge in [-0.05, 0) is 56.2 Å². The molecule has 1 aliphatic rings. The normalized spacial score (nSPS) is 14.8. The molecule has 2 aromatic rings. The third-order valence-corrected chi connectivity index (χ3v) is 5.25. The highest BCUT2D eigenvalue weighted by atomic mass is 16.5. The smallest absolute Gasteiger partial charge is 0.338 e. The summed E-state index contributed by atoms with van der Waals surface area (Å²) in [4.78, 5) is 49.5. The molecule has 9 nitrogen and oxygen atoms in total. The summed E-state index contributed by atoms with van der Waals surface area (Å²) in [6.07, 6.45) is 1.73. The number of imide groups is 1. The number of nitriles is 1. The monoisotopic (exact) mass is 476 g/mol. The van der Waals surface area contributed by atoms with Gasteiger partial charge in [0.05, 0.1) is 18.8 Å². The molecule has 0 aliphatic carbocycles. The van der Waals surface area contributed by atoms with E-state index in [9.17, 15) is 24.4 Å². The molecule has 0 saturated heterocycles. The van der Waals surface area contributed by atoms with Gasteiger partial charge in [-0.1, -0.05) is 12.1 Å². The maximum absolute atomic E-state index is 13.1. The van der Waals surface area contributed by atoms with Crippen LogP contribution < -0.4 is 0 Å². The van der Waals surface area contributed by atoms with Gasteiger partial charge < -0.3 is 13.9 Å². The lowest BCUT2D eigenvalue weighted by molar-refractivity contribution is -0.141. The Hall–Kier alpha value is -4.45. The van der Waals surface area contributed by atoms with Crippen molar-refractivity contribution in [3.8, 4) is 17.4 Å². The van der Waals surface area contributed by atoms with Crippen molar-refractivity contribution in [2.75, 3.05) is 19.8 Å². The number of nitrogens with zero attached hydrogens (tertiary/aromatic N) is 2. The minimum Gasteiger partial charge on any atom is -0.466 e. The topological polar surface area (TPSA) is 127 Å². The molecule has 9 heteroatoms. The lowest BCUT2D eigenvalue weighted by atomic mass is 9.94. The van der Waals surface area contributed by atoms with Gasteiger partial charge >= 0.3 is 11.9 Å². The molecule has 2 heterocycles. The van der Waals surface area contributed by atoms with E-state index in [-0.39, 0.29) is 42.9 Å². The standard InChI is InChI=1S/C26H24N2O7/c1-4-33-26(32)19-8-6-18(7-9-19)23-11-10-20(35-23)14-21-16(2)22(15-27)25(31)28(24(21)30)12-5-13-34-17(3)29/h6-11,14H,4-5,12-13H2,1-3H3. The van der Waals surface area contributed by atoms with E-state index in [1.807, 2.05) is 6.07 Å². The van der Waals surface area contributed by atoms with Gasteiger partial charge in [0.1, 0.15) is 23.2 Å². The number of ether oxygens (including phenoxy) is 2. The van der Waals surface area contributed by atoms with Crippen LogP contribution in [0.5, 0.6) is 0 Å². The van der Waals surface area contributed by atoms with Crippen molar-refractivity contribution in [1.82, 2.24) is 4.90 Å². The van der Waals surface area contributed by atoms with E-state index in [0.717, 1.165) is 4.90 Å². The van der Waals surface area contributed by atoms with Crippen LogP contribution in [0.1, 0.15) is 43.3 Å². The van der Waals surface area contributed by atoms with Crippen LogP contribution in [0.25, 0.3) is 17.4 Å². The predicted octanol–water partition coefficient (Wildman–Crippen LogP) is 3.67.